The van der Waals surface area contributed by atoms with Crippen LogP contribution in [0.3, 0.4) is 0 Å². The number of aromatic hydroxyl groups is 2. The summed E-state index contributed by atoms with van der Waals surface area (Å²) in [6.45, 7) is 2.11. The van der Waals surface area contributed by atoms with Gasteiger partial charge in [0.05, 0.1) is 12.0 Å². The molecule has 7 nitrogen and oxygen atoms in total. The topological polar surface area (TPSA) is 109 Å². The Morgan fingerprint density at radius 1 is 1.00 bits per heavy atom. The maximum Gasteiger partial charge on any atom is 0.340 e. The second-order valence-corrected chi connectivity index (χ2v) is 7.33. The lowest BCUT2D eigenvalue weighted by Gasteiger charge is -2.10. The number of ether oxygens (including phenoxy) is 1. The van der Waals surface area contributed by atoms with Crippen LogP contribution in [0.1, 0.15) is 16.7 Å². The van der Waals surface area contributed by atoms with Crippen molar-refractivity contribution < 1.29 is 24.2 Å². The fourth-order valence-electron chi connectivity index (χ4n) is 3.38. The lowest BCUT2D eigenvalue weighted by atomic mass is 10.0. The number of benzene rings is 3. The predicted molar refractivity (Wildman–Crippen MR) is 120 cm³/mol. The van der Waals surface area contributed by atoms with E-state index in [4.69, 9.17) is 9.15 Å². The molecule has 0 atom stereocenters. The van der Waals surface area contributed by atoms with E-state index < -0.39 is 11.4 Å². The number of hydrogen-bond donors (Lipinski definition) is 3. The number of phenols is 2. The summed E-state index contributed by atoms with van der Waals surface area (Å²) in [4.78, 5) is 24.9. The SMILES string of the molecule is Cc1c(CC(=O)Nc2ccc(OCc3ccccc3)cc2)c(=O)oc2c(O)c(O)ccc12. The van der Waals surface area contributed by atoms with E-state index in [1.165, 1.54) is 12.1 Å². The molecule has 3 N–H and O–H groups in total. The molecule has 4 aromatic rings. The molecule has 1 heterocycles. The summed E-state index contributed by atoms with van der Waals surface area (Å²) in [6.07, 6.45) is -0.196. The summed E-state index contributed by atoms with van der Waals surface area (Å²) in [5.41, 5.74) is 1.46. The normalized spacial score (nSPS) is 10.8. The van der Waals surface area contributed by atoms with Gasteiger partial charge >= 0.3 is 5.63 Å². The molecule has 0 unspecified atom stereocenters. The van der Waals surface area contributed by atoms with Crippen LogP contribution in [0.15, 0.2) is 75.9 Å². The molecular formula is C25H21NO6. The summed E-state index contributed by atoms with van der Waals surface area (Å²) < 4.78 is 10.9. The summed E-state index contributed by atoms with van der Waals surface area (Å²) in [6, 6.07) is 19.6. The lowest BCUT2D eigenvalue weighted by molar-refractivity contribution is -0.115. The molecule has 0 radical (unpaired) electrons. The van der Waals surface area contributed by atoms with Crippen molar-refractivity contribution in [3.63, 3.8) is 0 Å². The minimum absolute atomic E-state index is 0.109. The number of carbonyl (C=O) groups is 1. The van der Waals surface area contributed by atoms with Gasteiger partial charge in [-0.1, -0.05) is 30.3 Å². The van der Waals surface area contributed by atoms with Gasteiger partial charge in [0.15, 0.2) is 11.3 Å². The van der Waals surface area contributed by atoms with E-state index in [2.05, 4.69) is 5.32 Å². The summed E-state index contributed by atoms with van der Waals surface area (Å²) in [5.74, 6) is -0.614. The van der Waals surface area contributed by atoms with Gasteiger partial charge in [-0.05, 0) is 54.4 Å². The number of anilines is 1. The zero-order chi connectivity index (χ0) is 22.7. The van der Waals surface area contributed by atoms with Gasteiger partial charge < -0.3 is 24.7 Å². The molecule has 0 aliphatic rings. The maximum atomic E-state index is 12.5. The van der Waals surface area contributed by atoms with E-state index in [1.54, 1.807) is 31.2 Å². The Kier molecular flexibility index (Phi) is 5.81. The first-order chi connectivity index (χ1) is 15.4. The van der Waals surface area contributed by atoms with Crippen LogP contribution in [0.5, 0.6) is 17.2 Å². The third-order valence-electron chi connectivity index (χ3n) is 5.13. The predicted octanol–water partition coefficient (Wildman–Crippen LogP) is 4.27. The van der Waals surface area contributed by atoms with Crippen molar-refractivity contribution >= 4 is 22.6 Å². The highest BCUT2D eigenvalue weighted by Gasteiger charge is 2.18. The van der Waals surface area contributed by atoms with E-state index in [0.717, 1.165) is 5.56 Å². The van der Waals surface area contributed by atoms with Crippen molar-refractivity contribution in [3.05, 3.63) is 93.8 Å². The minimum atomic E-state index is -0.740. The van der Waals surface area contributed by atoms with E-state index >= 15 is 0 Å². The first-order valence-electron chi connectivity index (χ1n) is 9.96. The molecule has 162 valence electrons. The highest BCUT2D eigenvalue weighted by molar-refractivity contribution is 5.94. The number of hydrogen-bond acceptors (Lipinski definition) is 6. The third kappa shape index (κ3) is 4.41. The fourth-order valence-corrected chi connectivity index (χ4v) is 3.38. The Morgan fingerprint density at radius 2 is 1.72 bits per heavy atom. The number of carbonyl (C=O) groups excluding carboxylic acids is 1. The molecule has 1 amide bonds. The summed E-state index contributed by atoms with van der Waals surface area (Å²) in [7, 11) is 0. The monoisotopic (exact) mass is 431 g/mol. The smallest absolute Gasteiger partial charge is 0.340 e. The number of aryl methyl sites for hydroxylation is 1. The number of rotatable bonds is 6. The fraction of sp³-hybridized carbons (Fsp3) is 0.120. The van der Waals surface area contributed by atoms with Crippen LogP contribution in [-0.2, 0) is 17.8 Å². The molecule has 0 saturated carbocycles. The summed E-state index contributed by atoms with van der Waals surface area (Å²) >= 11 is 0. The maximum absolute atomic E-state index is 12.5. The first kappa shape index (κ1) is 21.0. The van der Waals surface area contributed by atoms with Crippen molar-refractivity contribution in [3.8, 4) is 17.2 Å². The van der Waals surface area contributed by atoms with Crippen LogP contribution in [0.25, 0.3) is 11.0 Å². The molecule has 3 aromatic carbocycles. The zero-order valence-corrected chi connectivity index (χ0v) is 17.3. The average Bonchev–Trinajstić information content (AvgIpc) is 2.79. The number of nitrogens with one attached hydrogen (secondary N) is 1. The quantitative estimate of drug-likeness (QED) is 0.311. The second-order valence-electron chi connectivity index (χ2n) is 7.33. The molecule has 0 bridgehead atoms. The first-order valence-corrected chi connectivity index (χ1v) is 9.96. The van der Waals surface area contributed by atoms with E-state index in [1.807, 2.05) is 30.3 Å². The summed E-state index contributed by atoms with van der Waals surface area (Å²) in [5, 5.41) is 22.7. The van der Waals surface area contributed by atoms with E-state index in [9.17, 15) is 19.8 Å². The van der Waals surface area contributed by atoms with Gasteiger partial charge in [0.2, 0.25) is 11.7 Å². The van der Waals surface area contributed by atoms with Crippen LogP contribution < -0.4 is 15.7 Å². The van der Waals surface area contributed by atoms with Crippen LogP contribution in [0, 0.1) is 6.92 Å². The van der Waals surface area contributed by atoms with Crippen molar-refractivity contribution in [1.29, 1.82) is 0 Å². The Labute approximate surface area is 183 Å². The van der Waals surface area contributed by atoms with Gasteiger partial charge in [0.1, 0.15) is 12.4 Å². The van der Waals surface area contributed by atoms with Gasteiger partial charge in [0.25, 0.3) is 0 Å². The molecule has 32 heavy (non-hydrogen) atoms. The number of phenolic OH excluding ortho intramolecular Hbond substituents is 2. The van der Waals surface area contributed by atoms with Gasteiger partial charge in [0, 0.05) is 11.1 Å². The Hall–Kier alpha value is -4.26. The average molecular weight is 431 g/mol. The lowest BCUT2D eigenvalue weighted by Crippen LogP contribution is -2.20. The van der Waals surface area contributed by atoms with Gasteiger partial charge in [-0.3, -0.25) is 4.79 Å². The van der Waals surface area contributed by atoms with Crippen molar-refractivity contribution in [2.75, 3.05) is 5.32 Å². The van der Waals surface area contributed by atoms with Gasteiger partial charge in [-0.15, -0.1) is 0 Å². The zero-order valence-electron chi connectivity index (χ0n) is 17.3. The van der Waals surface area contributed by atoms with Gasteiger partial charge in [-0.2, -0.15) is 0 Å². The second kappa shape index (κ2) is 8.85. The molecule has 0 saturated heterocycles. The van der Waals surface area contributed by atoms with Crippen molar-refractivity contribution in [1.82, 2.24) is 0 Å². The highest BCUT2D eigenvalue weighted by atomic mass is 16.5. The molecule has 0 spiro atoms. The molecule has 0 aliphatic carbocycles. The minimum Gasteiger partial charge on any atom is -0.504 e. The molecular weight excluding hydrogens is 410 g/mol. The van der Waals surface area contributed by atoms with Crippen molar-refractivity contribution in [2.24, 2.45) is 0 Å². The molecule has 7 heteroatoms. The van der Waals surface area contributed by atoms with Crippen LogP contribution in [0.4, 0.5) is 5.69 Å². The van der Waals surface area contributed by atoms with Crippen LogP contribution in [-0.4, -0.2) is 16.1 Å². The standard InChI is InChI=1S/C25H21NO6/c1-15-19-11-12-21(27)23(29)24(19)32-25(30)20(15)13-22(28)26-17-7-9-18(10-8-17)31-14-16-5-3-2-4-6-16/h2-12,27,29H,13-14H2,1H3,(H,26,28). The number of fused-ring (bicyclic) bond motifs is 1. The van der Waals surface area contributed by atoms with E-state index in [-0.39, 0.29) is 29.2 Å². The highest BCUT2D eigenvalue weighted by Crippen LogP contribution is 2.34. The Bertz CT molecular complexity index is 1330. The molecule has 0 aliphatic heterocycles. The van der Waals surface area contributed by atoms with Gasteiger partial charge in [-0.25, -0.2) is 4.79 Å². The van der Waals surface area contributed by atoms with Crippen LogP contribution >= 0.6 is 0 Å². The third-order valence-corrected chi connectivity index (χ3v) is 5.13. The Morgan fingerprint density at radius 3 is 2.44 bits per heavy atom. The van der Waals surface area contributed by atoms with Crippen molar-refractivity contribution in [2.45, 2.75) is 20.0 Å². The van der Waals surface area contributed by atoms with E-state index in [0.29, 0.717) is 29.0 Å². The largest absolute Gasteiger partial charge is 0.504 e. The molecule has 0 fully saturated rings. The Balaban J connectivity index is 1.44. The molecule has 1 aromatic heterocycles. The molecule has 4 rings (SSSR count). The van der Waals surface area contributed by atoms with Crippen LogP contribution in [0.2, 0.25) is 0 Å². The number of amides is 1.